The first-order valence-electron chi connectivity index (χ1n) is 14.2. The number of benzene rings is 2. The van der Waals surface area contributed by atoms with Crippen LogP contribution in [0.15, 0.2) is 54.7 Å². The van der Waals surface area contributed by atoms with Gasteiger partial charge in [0, 0.05) is 17.5 Å². The van der Waals surface area contributed by atoms with Crippen molar-refractivity contribution in [2.45, 2.75) is 63.5 Å². The second kappa shape index (κ2) is 8.47. The first-order valence-corrected chi connectivity index (χ1v) is 14.2. The first-order chi connectivity index (χ1) is 18.5. The maximum Gasteiger partial charge on any atom is 0.177 e. The van der Waals surface area contributed by atoms with Crippen LogP contribution >= 0.6 is 0 Å². The van der Waals surface area contributed by atoms with Crippen LogP contribution in [0.25, 0.3) is 6.08 Å². The standard InChI is InChI=1S/C33H33N3O2/c1-2-38-26-9-7-25(8-10-26)28-29(31(37)32-16-21-13-22(17-32)15-23(14-21)18-32)36-12-11-24-5-3-4-6-27(24)30(36)33(28,19-34)20-35/h3-12,21-23,28-30H,2,13-18H2,1H3. The molecule has 5 fully saturated rings. The predicted octanol–water partition coefficient (Wildman–Crippen LogP) is 6.40. The van der Waals surface area contributed by atoms with Crippen molar-refractivity contribution in [2.24, 2.45) is 28.6 Å². The van der Waals surface area contributed by atoms with Crippen LogP contribution in [-0.4, -0.2) is 23.3 Å². The Morgan fingerprint density at radius 1 is 0.974 bits per heavy atom. The van der Waals surface area contributed by atoms with E-state index in [2.05, 4.69) is 17.0 Å². The quantitative estimate of drug-likeness (QED) is 0.472. The van der Waals surface area contributed by atoms with Crippen LogP contribution in [0.2, 0.25) is 0 Å². The summed E-state index contributed by atoms with van der Waals surface area (Å²) < 4.78 is 5.69. The van der Waals surface area contributed by atoms with Gasteiger partial charge in [0.2, 0.25) is 0 Å². The topological polar surface area (TPSA) is 77.1 Å². The smallest absolute Gasteiger partial charge is 0.177 e. The molecule has 2 aromatic carbocycles. The summed E-state index contributed by atoms with van der Waals surface area (Å²) in [6, 6.07) is 19.7. The zero-order valence-corrected chi connectivity index (χ0v) is 21.8. The first kappa shape index (κ1) is 23.5. The molecule has 2 heterocycles. The lowest BCUT2D eigenvalue weighted by molar-refractivity contribution is -0.148. The second-order valence-corrected chi connectivity index (χ2v) is 12.4. The summed E-state index contributed by atoms with van der Waals surface area (Å²) in [6.45, 7) is 2.51. The van der Waals surface area contributed by atoms with Gasteiger partial charge in [0.15, 0.2) is 11.2 Å². The SMILES string of the molecule is CCOc1ccc(C2C(C(=O)C34CC5CC(CC(C5)C3)C4)N3C=Cc4ccccc4C3C2(C#N)C#N)cc1. The zero-order valence-electron chi connectivity index (χ0n) is 21.8. The molecule has 0 amide bonds. The van der Waals surface area contributed by atoms with Gasteiger partial charge in [-0.2, -0.15) is 10.5 Å². The zero-order chi connectivity index (χ0) is 26.1. The van der Waals surface area contributed by atoms with E-state index in [-0.39, 0.29) is 11.2 Å². The Hall–Kier alpha value is -3.57. The molecule has 3 unspecified atom stereocenters. The molecule has 2 aromatic rings. The highest BCUT2D eigenvalue weighted by Gasteiger charge is 2.67. The Labute approximate surface area is 224 Å². The van der Waals surface area contributed by atoms with E-state index in [1.807, 2.05) is 67.7 Å². The number of nitrogens with zero attached hydrogens (tertiary/aromatic N) is 3. The third-order valence-electron chi connectivity index (χ3n) is 10.3. The molecule has 3 atom stereocenters. The van der Waals surface area contributed by atoms with Gasteiger partial charge in [-0.05, 0) is 98.1 Å². The summed E-state index contributed by atoms with van der Waals surface area (Å²) in [4.78, 5) is 17.1. The third kappa shape index (κ3) is 3.18. The molecule has 1 saturated heterocycles. The van der Waals surface area contributed by atoms with Crippen molar-refractivity contribution in [3.63, 3.8) is 0 Å². The monoisotopic (exact) mass is 503 g/mol. The molecule has 5 nitrogen and oxygen atoms in total. The predicted molar refractivity (Wildman–Crippen MR) is 143 cm³/mol. The number of rotatable bonds is 5. The Morgan fingerprint density at radius 2 is 1.61 bits per heavy atom. The molecular formula is C33H33N3O2. The number of carbonyl (C=O) groups is 1. The average Bonchev–Trinajstić information content (AvgIpc) is 3.23. The van der Waals surface area contributed by atoms with E-state index in [1.165, 1.54) is 19.3 Å². The summed E-state index contributed by atoms with van der Waals surface area (Å²) in [5.74, 6) is 2.37. The maximum absolute atomic E-state index is 15.0. The van der Waals surface area contributed by atoms with E-state index in [1.54, 1.807) is 0 Å². The molecule has 6 aliphatic rings. The minimum Gasteiger partial charge on any atom is -0.494 e. The fourth-order valence-electron chi connectivity index (χ4n) is 9.33. The molecule has 4 aliphatic carbocycles. The van der Waals surface area contributed by atoms with Gasteiger partial charge in [-0.25, -0.2) is 0 Å². The van der Waals surface area contributed by atoms with Crippen molar-refractivity contribution in [2.75, 3.05) is 6.61 Å². The van der Waals surface area contributed by atoms with Gasteiger partial charge >= 0.3 is 0 Å². The lowest BCUT2D eigenvalue weighted by Crippen LogP contribution is -2.55. The fourth-order valence-corrected chi connectivity index (χ4v) is 9.33. The minimum atomic E-state index is -1.41. The number of Topliss-reactive ketones (excluding diaryl/α,β-unsaturated/α-hetero) is 1. The number of hydrogen-bond donors (Lipinski definition) is 0. The Kier molecular flexibility index (Phi) is 5.25. The van der Waals surface area contributed by atoms with Crippen LogP contribution in [0, 0.1) is 51.2 Å². The average molecular weight is 504 g/mol. The lowest BCUT2D eigenvalue weighted by atomic mass is 9.47. The molecule has 192 valence electrons. The minimum absolute atomic E-state index is 0.261. The lowest BCUT2D eigenvalue weighted by Gasteiger charge is -2.57. The largest absolute Gasteiger partial charge is 0.494 e. The molecule has 0 radical (unpaired) electrons. The number of ketones is 1. The van der Waals surface area contributed by atoms with Crippen molar-refractivity contribution < 1.29 is 9.53 Å². The molecule has 4 bridgehead atoms. The summed E-state index contributed by atoms with van der Waals surface area (Å²) in [5, 5.41) is 21.7. The van der Waals surface area contributed by atoms with Crippen molar-refractivity contribution in [3.8, 4) is 17.9 Å². The normalized spacial score (nSPS) is 35.2. The van der Waals surface area contributed by atoms with Crippen LogP contribution in [0.1, 0.15) is 74.1 Å². The van der Waals surface area contributed by atoms with E-state index in [9.17, 15) is 10.5 Å². The van der Waals surface area contributed by atoms with Crippen molar-refractivity contribution in [1.82, 2.24) is 4.90 Å². The second-order valence-electron chi connectivity index (χ2n) is 12.4. The molecule has 0 spiro atoms. The van der Waals surface area contributed by atoms with Crippen molar-refractivity contribution in [3.05, 3.63) is 71.4 Å². The van der Waals surface area contributed by atoms with Gasteiger partial charge in [0.05, 0.1) is 30.8 Å². The molecule has 0 N–H and O–H groups in total. The van der Waals surface area contributed by atoms with Gasteiger partial charge in [0.25, 0.3) is 0 Å². The molecule has 5 heteroatoms. The number of ether oxygens (including phenoxy) is 1. The van der Waals surface area contributed by atoms with E-state index < -0.39 is 23.4 Å². The van der Waals surface area contributed by atoms with Crippen LogP contribution < -0.4 is 4.74 Å². The number of carbonyl (C=O) groups excluding carboxylic acids is 1. The van der Waals surface area contributed by atoms with Crippen LogP contribution in [-0.2, 0) is 4.79 Å². The van der Waals surface area contributed by atoms with E-state index in [0.717, 1.165) is 41.7 Å². The Morgan fingerprint density at radius 3 is 2.21 bits per heavy atom. The molecular weight excluding hydrogens is 470 g/mol. The molecule has 8 rings (SSSR count). The number of fused-ring (bicyclic) bond motifs is 3. The van der Waals surface area contributed by atoms with Gasteiger partial charge < -0.3 is 9.64 Å². The Bertz CT molecular complexity index is 1350. The number of nitriles is 2. The highest BCUT2D eigenvalue weighted by Crippen LogP contribution is 2.65. The van der Waals surface area contributed by atoms with Crippen LogP contribution in [0.4, 0.5) is 0 Å². The summed E-state index contributed by atoms with van der Waals surface area (Å²) in [6.07, 6.45) is 10.7. The van der Waals surface area contributed by atoms with Crippen molar-refractivity contribution >= 4 is 11.9 Å². The summed E-state index contributed by atoms with van der Waals surface area (Å²) >= 11 is 0. The summed E-state index contributed by atoms with van der Waals surface area (Å²) in [5.41, 5.74) is 1.09. The van der Waals surface area contributed by atoms with Crippen LogP contribution in [0.3, 0.4) is 0 Å². The molecule has 4 saturated carbocycles. The van der Waals surface area contributed by atoms with Gasteiger partial charge in [0.1, 0.15) is 5.75 Å². The Balaban J connectivity index is 1.40. The third-order valence-corrected chi connectivity index (χ3v) is 10.3. The van der Waals surface area contributed by atoms with Gasteiger partial charge in [-0.3, -0.25) is 4.79 Å². The van der Waals surface area contributed by atoms with Gasteiger partial charge in [-0.1, -0.05) is 36.4 Å². The number of hydrogen-bond acceptors (Lipinski definition) is 5. The van der Waals surface area contributed by atoms with E-state index in [0.29, 0.717) is 24.4 Å². The fraction of sp³-hybridized carbons (Fsp3) is 0.485. The molecule has 0 aromatic heterocycles. The highest BCUT2D eigenvalue weighted by molar-refractivity contribution is 5.93. The molecule has 2 aliphatic heterocycles. The van der Waals surface area contributed by atoms with E-state index in [4.69, 9.17) is 4.74 Å². The van der Waals surface area contributed by atoms with Crippen LogP contribution in [0.5, 0.6) is 5.75 Å². The summed E-state index contributed by atoms with van der Waals surface area (Å²) in [7, 11) is 0. The van der Waals surface area contributed by atoms with E-state index >= 15 is 4.79 Å². The van der Waals surface area contributed by atoms with Gasteiger partial charge in [-0.15, -0.1) is 0 Å². The maximum atomic E-state index is 15.0. The van der Waals surface area contributed by atoms with Crippen molar-refractivity contribution in [1.29, 1.82) is 10.5 Å². The molecule has 38 heavy (non-hydrogen) atoms. The highest BCUT2D eigenvalue weighted by atomic mass is 16.5.